The number of carbonyl (C=O) groups is 1. The van der Waals surface area contributed by atoms with Crippen LogP contribution in [0.3, 0.4) is 0 Å². The molecule has 0 saturated carbocycles. The summed E-state index contributed by atoms with van der Waals surface area (Å²) < 4.78 is 26.5. The van der Waals surface area contributed by atoms with E-state index in [9.17, 15) is 14.3 Å². The highest BCUT2D eigenvalue weighted by atomic mass is 31.2. The predicted molar refractivity (Wildman–Crippen MR) is 85.9 cm³/mol. The first-order valence-electron chi connectivity index (χ1n) is 6.91. The fraction of sp³-hybridized carbons (Fsp3) is 0.188. The fourth-order valence-corrected chi connectivity index (χ4v) is 2.62. The molecule has 122 valence electrons. The first-order chi connectivity index (χ1) is 11.0. The summed E-state index contributed by atoms with van der Waals surface area (Å²) in [5.41, 5.74) is 0.0230. The Morgan fingerprint density at radius 3 is 2.48 bits per heavy atom. The van der Waals surface area contributed by atoms with Gasteiger partial charge in [-0.25, -0.2) is 9.36 Å². The summed E-state index contributed by atoms with van der Waals surface area (Å²) in [5.74, 6) is 0.719. The van der Waals surface area contributed by atoms with Gasteiger partial charge in [-0.1, -0.05) is 30.3 Å². The van der Waals surface area contributed by atoms with Gasteiger partial charge >= 0.3 is 13.3 Å². The Labute approximate surface area is 134 Å². The van der Waals surface area contributed by atoms with Gasteiger partial charge in [0.1, 0.15) is 11.5 Å². The molecule has 2 aromatic carbocycles. The van der Waals surface area contributed by atoms with E-state index >= 15 is 0 Å². The number of carbonyl (C=O) groups excluding carboxylic acids is 1. The lowest BCUT2D eigenvalue weighted by molar-refractivity contribution is 0.203. The SMILES string of the molecule is CCOP(=O)(O)C(=O)Oc1ccc(OC)cc1-c1ccccc1. The number of benzene rings is 2. The average molecular weight is 336 g/mol. The van der Waals surface area contributed by atoms with Gasteiger partial charge < -0.3 is 18.9 Å². The first-order valence-corrected chi connectivity index (χ1v) is 8.49. The van der Waals surface area contributed by atoms with Crippen molar-refractivity contribution in [3.8, 4) is 22.6 Å². The van der Waals surface area contributed by atoms with Gasteiger partial charge in [0, 0.05) is 5.56 Å². The summed E-state index contributed by atoms with van der Waals surface area (Å²) in [5, 5.41) is 0. The van der Waals surface area contributed by atoms with Crippen molar-refractivity contribution in [3.63, 3.8) is 0 Å². The second-order valence-corrected chi connectivity index (χ2v) is 6.20. The molecule has 0 heterocycles. The highest BCUT2D eigenvalue weighted by molar-refractivity contribution is 7.70. The van der Waals surface area contributed by atoms with Gasteiger partial charge in [0.05, 0.1) is 13.7 Å². The third-order valence-electron chi connectivity index (χ3n) is 3.00. The van der Waals surface area contributed by atoms with Crippen molar-refractivity contribution < 1.29 is 28.3 Å². The molecular formula is C16H17O6P. The van der Waals surface area contributed by atoms with Crippen LogP contribution in [-0.2, 0) is 9.09 Å². The van der Waals surface area contributed by atoms with Gasteiger partial charge in [-0.2, -0.15) is 0 Å². The van der Waals surface area contributed by atoms with Gasteiger partial charge in [0.2, 0.25) is 0 Å². The average Bonchev–Trinajstić information content (AvgIpc) is 2.56. The minimum absolute atomic E-state index is 0.0724. The van der Waals surface area contributed by atoms with Crippen molar-refractivity contribution in [2.45, 2.75) is 6.92 Å². The van der Waals surface area contributed by atoms with E-state index in [0.29, 0.717) is 11.3 Å². The van der Waals surface area contributed by atoms with Crippen molar-refractivity contribution in [2.24, 2.45) is 0 Å². The molecule has 0 bridgehead atoms. The Bertz CT molecular complexity index is 729. The van der Waals surface area contributed by atoms with E-state index in [1.807, 2.05) is 30.3 Å². The maximum absolute atomic E-state index is 11.9. The Kier molecular flexibility index (Phi) is 5.55. The van der Waals surface area contributed by atoms with E-state index in [-0.39, 0.29) is 12.4 Å². The van der Waals surface area contributed by atoms with Gasteiger partial charge in [0.25, 0.3) is 0 Å². The van der Waals surface area contributed by atoms with Crippen LogP contribution in [0.25, 0.3) is 11.1 Å². The molecule has 1 N–H and O–H groups in total. The maximum Gasteiger partial charge on any atom is 0.436 e. The summed E-state index contributed by atoms with van der Waals surface area (Å²) in [6, 6.07) is 14.0. The van der Waals surface area contributed by atoms with Crippen LogP contribution in [0, 0.1) is 0 Å². The second-order valence-electron chi connectivity index (χ2n) is 4.53. The fourth-order valence-electron chi connectivity index (χ4n) is 1.95. The zero-order chi connectivity index (χ0) is 16.9. The zero-order valence-corrected chi connectivity index (χ0v) is 13.7. The van der Waals surface area contributed by atoms with Crippen molar-refractivity contribution in [1.82, 2.24) is 0 Å². The molecule has 0 amide bonds. The number of methoxy groups -OCH3 is 1. The molecule has 2 rings (SSSR count). The molecule has 23 heavy (non-hydrogen) atoms. The van der Waals surface area contributed by atoms with Crippen LogP contribution in [0.5, 0.6) is 11.5 Å². The van der Waals surface area contributed by atoms with Crippen LogP contribution < -0.4 is 9.47 Å². The number of ether oxygens (including phenoxy) is 2. The first kappa shape index (κ1) is 17.2. The third-order valence-corrected chi connectivity index (χ3v) is 4.16. The van der Waals surface area contributed by atoms with Crippen LogP contribution >= 0.6 is 7.60 Å². The van der Waals surface area contributed by atoms with E-state index in [0.717, 1.165) is 5.56 Å². The van der Waals surface area contributed by atoms with Crippen molar-refractivity contribution in [3.05, 3.63) is 48.5 Å². The smallest absolute Gasteiger partial charge is 0.436 e. The molecule has 0 spiro atoms. The minimum atomic E-state index is -4.47. The lowest BCUT2D eigenvalue weighted by Crippen LogP contribution is -2.09. The van der Waals surface area contributed by atoms with Gasteiger partial charge in [-0.05, 0) is 30.7 Å². The van der Waals surface area contributed by atoms with Crippen LogP contribution in [0.1, 0.15) is 6.92 Å². The highest BCUT2D eigenvalue weighted by Crippen LogP contribution is 2.45. The van der Waals surface area contributed by atoms with Crippen molar-refractivity contribution in [2.75, 3.05) is 13.7 Å². The van der Waals surface area contributed by atoms with E-state index in [4.69, 9.17) is 9.47 Å². The second kappa shape index (κ2) is 7.42. The van der Waals surface area contributed by atoms with Crippen molar-refractivity contribution >= 4 is 13.3 Å². The van der Waals surface area contributed by atoms with Crippen LogP contribution in [0.15, 0.2) is 48.5 Å². The number of hydrogen-bond acceptors (Lipinski definition) is 5. The largest absolute Gasteiger partial charge is 0.497 e. The Morgan fingerprint density at radius 1 is 1.17 bits per heavy atom. The molecule has 0 saturated heterocycles. The van der Waals surface area contributed by atoms with E-state index < -0.39 is 13.3 Å². The molecule has 2 aromatic rings. The number of hydrogen-bond donors (Lipinski definition) is 1. The van der Waals surface area contributed by atoms with Crippen molar-refractivity contribution in [1.29, 1.82) is 0 Å². The molecule has 0 aliphatic rings. The molecule has 0 aliphatic heterocycles. The Hall–Kier alpha value is -2.14. The number of rotatable bonds is 6. The molecule has 1 atom stereocenters. The summed E-state index contributed by atoms with van der Waals surface area (Å²) in [6.45, 7) is 1.44. The Morgan fingerprint density at radius 2 is 1.87 bits per heavy atom. The normalized spacial score (nSPS) is 13.2. The zero-order valence-electron chi connectivity index (χ0n) is 12.8. The molecule has 0 aromatic heterocycles. The van der Waals surface area contributed by atoms with Crippen LogP contribution in [0.2, 0.25) is 0 Å². The van der Waals surface area contributed by atoms with Crippen LogP contribution in [-0.4, -0.2) is 24.3 Å². The molecule has 1 unspecified atom stereocenters. The summed E-state index contributed by atoms with van der Waals surface area (Å²) in [4.78, 5) is 21.4. The van der Waals surface area contributed by atoms with Crippen LogP contribution in [0.4, 0.5) is 4.79 Å². The molecule has 6 nitrogen and oxygen atoms in total. The summed E-state index contributed by atoms with van der Waals surface area (Å²) in [6.07, 6.45) is 0. The molecule has 0 fully saturated rings. The lowest BCUT2D eigenvalue weighted by atomic mass is 10.0. The van der Waals surface area contributed by atoms with E-state index in [1.165, 1.54) is 20.1 Å². The van der Waals surface area contributed by atoms with Gasteiger partial charge in [-0.15, -0.1) is 0 Å². The van der Waals surface area contributed by atoms with Gasteiger partial charge in [0.15, 0.2) is 0 Å². The standard InChI is InChI=1S/C16H17O6P/c1-3-21-23(18,19)16(17)22-15-10-9-13(20-2)11-14(15)12-7-5-4-6-8-12/h4-11H,3H2,1-2H3,(H,18,19). The molecule has 0 aliphatic carbocycles. The highest BCUT2D eigenvalue weighted by Gasteiger charge is 2.33. The lowest BCUT2D eigenvalue weighted by Gasteiger charge is -2.14. The molecule has 7 heteroatoms. The summed E-state index contributed by atoms with van der Waals surface area (Å²) >= 11 is 0. The third kappa shape index (κ3) is 4.20. The summed E-state index contributed by atoms with van der Waals surface area (Å²) in [7, 11) is -2.95. The monoisotopic (exact) mass is 336 g/mol. The van der Waals surface area contributed by atoms with E-state index in [1.54, 1.807) is 12.1 Å². The quantitative estimate of drug-likeness (QED) is 0.800. The predicted octanol–water partition coefficient (Wildman–Crippen LogP) is 4.08. The topological polar surface area (TPSA) is 82.1 Å². The minimum Gasteiger partial charge on any atom is -0.497 e. The molecule has 0 radical (unpaired) electrons. The van der Waals surface area contributed by atoms with E-state index in [2.05, 4.69) is 4.52 Å². The maximum atomic E-state index is 11.9. The molecular weight excluding hydrogens is 319 g/mol. The Balaban J connectivity index is 2.39. The van der Waals surface area contributed by atoms with Gasteiger partial charge in [-0.3, -0.25) is 0 Å².